The molecule has 20 heavy (non-hydrogen) atoms. The number of benzene rings is 2. The lowest BCUT2D eigenvalue weighted by Crippen LogP contribution is -2.20. The lowest BCUT2D eigenvalue weighted by Gasteiger charge is -2.18. The fourth-order valence-corrected chi connectivity index (χ4v) is 2.50. The first-order valence-corrected chi connectivity index (χ1v) is 7.32. The molecule has 2 nitrogen and oxygen atoms in total. The number of nitrogens with one attached hydrogen (secondary N) is 1. The van der Waals surface area contributed by atoms with Gasteiger partial charge in [-0.05, 0) is 36.2 Å². The predicted octanol–water partition coefficient (Wildman–Crippen LogP) is 4.94. The topological polar surface area (TPSA) is 32.3 Å². The van der Waals surface area contributed by atoms with Gasteiger partial charge in [-0.1, -0.05) is 48.3 Å². The molecule has 0 fully saturated rings. The van der Waals surface area contributed by atoms with Crippen LogP contribution < -0.4 is 5.32 Å². The number of halogens is 2. The first kappa shape index (κ1) is 15.2. The Hall–Kier alpha value is -1.22. The summed E-state index contributed by atoms with van der Waals surface area (Å²) >= 11 is 12.0. The molecule has 0 saturated heterocycles. The Balaban J connectivity index is 2.09. The lowest BCUT2D eigenvalue weighted by atomic mass is 10.0. The van der Waals surface area contributed by atoms with Crippen molar-refractivity contribution < 1.29 is 5.11 Å². The standard InChI is InChI=1S/C16H17Cl2NO/c1-2-15(11-6-8-12(17)9-7-11)19-10-13-14(18)4-3-5-16(13)20/h3-9,15,19-20H,2,10H2,1H3. The van der Waals surface area contributed by atoms with Crippen molar-refractivity contribution >= 4 is 23.2 Å². The number of phenolic OH excluding ortho intramolecular Hbond substituents is 1. The van der Waals surface area contributed by atoms with E-state index in [0.717, 1.165) is 17.0 Å². The monoisotopic (exact) mass is 309 g/mol. The number of aromatic hydroxyl groups is 1. The minimum atomic E-state index is 0.197. The summed E-state index contributed by atoms with van der Waals surface area (Å²) in [4.78, 5) is 0. The van der Waals surface area contributed by atoms with Gasteiger partial charge in [-0.25, -0.2) is 0 Å². The summed E-state index contributed by atoms with van der Waals surface area (Å²) < 4.78 is 0. The van der Waals surface area contributed by atoms with Gasteiger partial charge in [0.2, 0.25) is 0 Å². The van der Waals surface area contributed by atoms with Crippen LogP contribution in [0.1, 0.15) is 30.5 Å². The van der Waals surface area contributed by atoms with Gasteiger partial charge in [0.25, 0.3) is 0 Å². The normalized spacial score (nSPS) is 12.3. The maximum atomic E-state index is 9.84. The molecule has 0 saturated carbocycles. The second kappa shape index (κ2) is 6.98. The smallest absolute Gasteiger partial charge is 0.121 e. The van der Waals surface area contributed by atoms with Crippen molar-refractivity contribution in [3.05, 3.63) is 63.6 Å². The minimum absolute atomic E-state index is 0.197. The molecule has 2 N–H and O–H groups in total. The number of hydrogen-bond donors (Lipinski definition) is 2. The third-order valence-electron chi connectivity index (χ3n) is 3.30. The molecule has 0 aliphatic carbocycles. The Morgan fingerprint density at radius 1 is 1.10 bits per heavy atom. The SMILES string of the molecule is CCC(NCc1c(O)cccc1Cl)c1ccc(Cl)cc1. The molecule has 2 rings (SSSR count). The maximum absolute atomic E-state index is 9.84. The van der Waals surface area contributed by atoms with Crippen molar-refractivity contribution in [2.24, 2.45) is 0 Å². The summed E-state index contributed by atoms with van der Waals surface area (Å²) in [7, 11) is 0. The average molecular weight is 310 g/mol. The van der Waals surface area contributed by atoms with E-state index in [0.29, 0.717) is 11.6 Å². The van der Waals surface area contributed by atoms with Gasteiger partial charge in [0.1, 0.15) is 5.75 Å². The van der Waals surface area contributed by atoms with E-state index in [1.54, 1.807) is 18.2 Å². The van der Waals surface area contributed by atoms with Crippen molar-refractivity contribution in [1.82, 2.24) is 5.32 Å². The Bertz CT molecular complexity index is 549. The zero-order chi connectivity index (χ0) is 14.5. The van der Waals surface area contributed by atoms with Gasteiger partial charge in [0.05, 0.1) is 0 Å². The summed E-state index contributed by atoms with van der Waals surface area (Å²) in [5, 5.41) is 14.6. The highest BCUT2D eigenvalue weighted by Crippen LogP contribution is 2.26. The van der Waals surface area contributed by atoms with Crippen LogP contribution in [0.5, 0.6) is 5.75 Å². The third-order valence-corrected chi connectivity index (χ3v) is 3.91. The number of rotatable bonds is 5. The molecule has 0 aromatic heterocycles. The number of phenols is 1. The van der Waals surface area contributed by atoms with Gasteiger partial charge in [-0.2, -0.15) is 0 Å². The summed E-state index contributed by atoms with van der Waals surface area (Å²) in [6, 6.07) is 13.1. The fourth-order valence-electron chi connectivity index (χ4n) is 2.14. The second-order valence-corrected chi connectivity index (χ2v) is 5.47. The molecule has 0 amide bonds. The zero-order valence-electron chi connectivity index (χ0n) is 11.2. The molecule has 0 radical (unpaired) electrons. The van der Waals surface area contributed by atoms with E-state index >= 15 is 0 Å². The molecular weight excluding hydrogens is 293 g/mol. The van der Waals surface area contributed by atoms with Crippen LogP contribution in [-0.2, 0) is 6.54 Å². The first-order chi connectivity index (χ1) is 9.61. The highest BCUT2D eigenvalue weighted by molar-refractivity contribution is 6.31. The molecule has 0 bridgehead atoms. The van der Waals surface area contributed by atoms with Crippen LogP contribution in [0.4, 0.5) is 0 Å². The van der Waals surface area contributed by atoms with Crippen LogP contribution >= 0.6 is 23.2 Å². The fraction of sp³-hybridized carbons (Fsp3) is 0.250. The lowest BCUT2D eigenvalue weighted by molar-refractivity contribution is 0.455. The van der Waals surface area contributed by atoms with Crippen molar-refractivity contribution in [2.45, 2.75) is 25.9 Å². The summed E-state index contributed by atoms with van der Waals surface area (Å²) in [5.74, 6) is 0.218. The van der Waals surface area contributed by atoms with E-state index in [2.05, 4.69) is 12.2 Å². The van der Waals surface area contributed by atoms with E-state index in [4.69, 9.17) is 23.2 Å². The second-order valence-electron chi connectivity index (χ2n) is 4.63. The summed E-state index contributed by atoms with van der Waals surface area (Å²) in [6.07, 6.45) is 0.937. The number of hydrogen-bond acceptors (Lipinski definition) is 2. The van der Waals surface area contributed by atoms with Gasteiger partial charge < -0.3 is 10.4 Å². The van der Waals surface area contributed by atoms with Gasteiger partial charge in [0, 0.05) is 28.2 Å². The van der Waals surface area contributed by atoms with Gasteiger partial charge in [0.15, 0.2) is 0 Å². The first-order valence-electron chi connectivity index (χ1n) is 6.57. The Morgan fingerprint density at radius 2 is 1.80 bits per heavy atom. The molecule has 0 aliphatic rings. The molecule has 1 unspecified atom stereocenters. The van der Waals surface area contributed by atoms with E-state index in [1.165, 1.54) is 5.56 Å². The molecule has 2 aromatic carbocycles. The van der Waals surface area contributed by atoms with Crippen LogP contribution in [0.2, 0.25) is 10.0 Å². The van der Waals surface area contributed by atoms with Crippen LogP contribution in [0.25, 0.3) is 0 Å². The minimum Gasteiger partial charge on any atom is -0.508 e. The highest BCUT2D eigenvalue weighted by atomic mass is 35.5. The average Bonchev–Trinajstić information content (AvgIpc) is 2.44. The molecular formula is C16H17Cl2NO. The molecule has 106 valence electrons. The van der Waals surface area contributed by atoms with Crippen LogP contribution in [-0.4, -0.2) is 5.11 Å². The molecule has 0 spiro atoms. The van der Waals surface area contributed by atoms with E-state index in [9.17, 15) is 5.11 Å². The van der Waals surface area contributed by atoms with Gasteiger partial charge in [-0.15, -0.1) is 0 Å². The predicted molar refractivity (Wildman–Crippen MR) is 84.4 cm³/mol. The Labute approximate surface area is 129 Å². The summed E-state index contributed by atoms with van der Waals surface area (Å²) in [5.41, 5.74) is 1.89. The van der Waals surface area contributed by atoms with E-state index in [-0.39, 0.29) is 11.8 Å². The molecule has 1 atom stereocenters. The van der Waals surface area contributed by atoms with Gasteiger partial charge in [-0.3, -0.25) is 0 Å². The van der Waals surface area contributed by atoms with Crippen molar-refractivity contribution in [3.63, 3.8) is 0 Å². The third kappa shape index (κ3) is 3.66. The molecule has 0 heterocycles. The van der Waals surface area contributed by atoms with Crippen LogP contribution in [0.15, 0.2) is 42.5 Å². The Morgan fingerprint density at radius 3 is 2.40 bits per heavy atom. The molecule has 2 aromatic rings. The van der Waals surface area contributed by atoms with Crippen LogP contribution in [0.3, 0.4) is 0 Å². The van der Waals surface area contributed by atoms with Crippen molar-refractivity contribution in [1.29, 1.82) is 0 Å². The van der Waals surface area contributed by atoms with Crippen molar-refractivity contribution in [3.8, 4) is 5.75 Å². The molecule has 0 aliphatic heterocycles. The summed E-state index contributed by atoms with van der Waals surface area (Å²) in [6.45, 7) is 2.63. The van der Waals surface area contributed by atoms with E-state index < -0.39 is 0 Å². The zero-order valence-corrected chi connectivity index (χ0v) is 12.7. The maximum Gasteiger partial charge on any atom is 0.121 e. The quantitative estimate of drug-likeness (QED) is 0.820. The molecule has 4 heteroatoms. The van der Waals surface area contributed by atoms with Crippen molar-refractivity contribution in [2.75, 3.05) is 0 Å². The highest BCUT2D eigenvalue weighted by Gasteiger charge is 2.11. The van der Waals surface area contributed by atoms with E-state index in [1.807, 2.05) is 24.3 Å². The Kier molecular flexibility index (Phi) is 5.30. The largest absolute Gasteiger partial charge is 0.508 e. The van der Waals surface area contributed by atoms with Gasteiger partial charge >= 0.3 is 0 Å². The van der Waals surface area contributed by atoms with Crippen LogP contribution in [0, 0.1) is 0 Å².